The summed E-state index contributed by atoms with van der Waals surface area (Å²) in [5.74, 6) is -5.00. The summed E-state index contributed by atoms with van der Waals surface area (Å²) in [6.07, 6.45) is 10.0. The minimum atomic E-state index is -1.12. The molecule has 0 spiro atoms. The van der Waals surface area contributed by atoms with Crippen LogP contribution in [0.15, 0.2) is 18.6 Å². The van der Waals surface area contributed by atoms with E-state index in [1.165, 1.54) is 23.5 Å². The molecular formula is C38H58N8O8. The Kier molecular flexibility index (Phi) is 14.1. The molecule has 4 rings (SSSR count). The highest BCUT2D eigenvalue weighted by Crippen LogP contribution is 2.29. The molecule has 54 heavy (non-hydrogen) atoms. The lowest BCUT2D eigenvalue weighted by molar-refractivity contribution is -0.140. The van der Waals surface area contributed by atoms with Gasteiger partial charge < -0.3 is 36.2 Å². The molecule has 1 aliphatic heterocycles. The number of hydrogen-bond donors (Lipinski definition) is 5. The van der Waals surface area contributed by atoms with Crippen LogP contribution in [-0.2, 0) is 28.7 Å². The van der Waals surface area contributed by atoms with Crippen LogP contribution in [0.4, 0.5) is 4.79 Å². The summed E-state index contributed by atoms with van der Waals surface area (Å²) in [5.41, 5.74) is -1.61. The quantitative estimate of drug-likeness (QED) is 0.174. The van der Waals surface area contributed by atoms with Gasteiger partial charge in [-0.2, -0.15) is 0 Å². The summed E-state index contributed by atoms with van der Waals surface area (Å²) in [4.78, 5) is 104. The Labute approximate surface area is 317 Å². The number of rotatable bonds is 14. The Morgan fingerprint density at radius 2 is 1.54 bits per heavy atom. The SMILES string of the molecule is CCC[C@H](NC(=O)[C@@H]1CN(C(=O)OC(C)(C)C)C[C@@H]1NC(=O)[C@@H](NC(=O)[C@@H](NC(=O)c1cnccn1)C1CCCCC1)C(C)(C)C)C(=O)C(=O)NC1CC1. The van der Waals surface area contributed by atoms with E-state index in [9.17, 15) is 33.6 Å². The predicted octanol–water partition coefficient (Wildman–Crippen LogP) is 2.17. The van der Waals surface area contributed by atoms with Gasteiger partial charge in [0.15, 0.2) is 0 Å². The molecule has 16 heteroatoms. The summed E-state index contributed by atoms with van der Waals surface area (Å²) in [7, 11) is 0. The fraction of sp³-hybridized carbons (Fsp3) is 0.711. The molecule has 0 unspecified atom stereocenters. The number of aromatic nitrogens is 2. The maximum absolute atomic E-state index is 14.2. The molecule has 0 aromatic carbocycles. The molecule has 2 saturated carbocycles. The summed E-state index contributed by atoms with van der Waals surface area (Å²) >= 11 is 0. The van der Waals surface area contributed by atoms with Crippen LogP contribution in [0, 0.1) is 17.3 Å². The first-order chi connectivity index (χ1) is 25.4. The molecule has 2 aliphatic carbocycles. The number of nitrogens with one attached hydrogen (secondary N) is 5. The lowest BCUT2D eigenvalue weighted by Gasteiger charge is -2.35. The van der Waals surface area contributed by atoms with Gasteiger partial charge in [0.05, 0.1) is 24.2 Å². The summed E-state index contributed by atoms with van der Waals surface area (Å²) in [6.45, 7) is 12.1. The van der Waals surface area contributed by atoms with E-state index in [2.05, 4.69) is 36.6 Å². The summed E-state index contributed by atoms with van der Waals surface area (Å²) in [6, 6.07) is -4.14. The van der Waals surface area contributed by atoms with Crippen molar-refractivity contribution in [3.63, 3.8) is 0 Å². The van der Waals surface area contributed by atoms with Crippen LogP contribution in [0.1, 0.15) is 117 Å². The maximum atomic E-state index is 14.2. The number of Topliss-reactive ketones (excluding diaryl/α,β-unsaturated/α-hetero) is 1. The molecule has 0 radical (unpaired) electrons. The number of likely N-dealkylation sites (tertiary alicyclic amines) is 1. The molecule has 0 bridgehead atoms. The average Bonchev–Trinajstić information content (AvgIpc) is 3.83. The average molecular weight is 755 g/mol. The number of carbonyl (C=O) groups is 7. The fourth-order valence-electron chi connectivity index (χ4n) is 6.84. The van der Waals surface area contributed by atoms with Crippen LogP contribution in [0.2, 0.25) is 0 Å². The second-order valence-corrected chi connectivity index (χ2v) is 16.8. The number of hydrogen-bond acceptors (Lipinski definition) is 10. The van der Waals surface area contributed by atoms with Crippen molar-refractivity contribution in [2.75, 3.05) is 13.1 Å². The Morgan fingerprint density at radius 3 is 2.11 bits per heavy atom. The first kappa shape index (κ1) is 42.1. The van der Waals surface area contributed by atoms with Crippen LogP contribution in [0.3, 0.4) is 0 Å². The van der Waals surface area contributed by atoms with Gasteiger partial charge in [-0.05, 0) is 64.2 Å². The van der Waals surface area contributed by atoms with Crippen molar-refractivity contribution in [2.45, 2.75) is 142 Å². The second-order valence-electron chi connectivity index (χ2n) is 16.8. The molecule has 16 nitrogen and oxygen atoms in total. The van der Waals surface area contributed by atoms with Crippen LogP contribution in [0.5, 0.6) is 0 Å². The van der Waals surface area contributed by atoms with Crippen molar-refractivity contribution < 1.29 is 38.3 Å². The summed E-state index contributed by atoms with van der Waals surface area (Å²) < 4.78 is 5.57. The van der Waals surface area contributed by atoms with Gasteiger partial charge in [0.2, 0.25) is 23.5 Å². The van der Waals surface area contributed by atoms with Crippen molar-refractivity contribution >= 4 is 41.4 Å². The van der Waals surface area contributed by atoms with Gasteiger partial charge in [0, 0.05) is 31.5 Å². The molecule has 5 atom stereocenters. The standard InChI is InChI=1S/C38H58N8O8/c1-8-12-25(29(47)34(51)41-23-15-16-23)42-31(48)24-20-46(36(53)54-38(5,6)7)21-27(24)43-35(52)30(37(2,3)4)45-33(50)28(22-13-10-9-11-14-22)44-32(49)26-19-39-17-18-40-26/h17-19,22-25,27-28,30H,8-16,20-21H2,1-7H3,(H,41,51)(H,42,48)(H,43,52)(H,44,49)(H,45,50)/t24-,25+,27+,28+,30-/m1/s1. The summed E-state index contributed by atoms with van der Waals surface area (Å²) in [5, 5.41) is 14.0. The molecule has 1 aromatic heterocycles. The molecule has 3 fully saturated rings. The van der Waals surface area contributed by atoms with E-state index in [0.29, 0.717) is 19.3 Å². The van der Waals surface area contributed by atoms with Crippen molar-refractivity contribution in [3.8, 4) is 0 Å². The van der Waals surface area contributed by atoms with E-state index in [0.717, 1.165) is 32.1 Å². The van der Waals surface area contributed by atoms with Crippen molar-refractivity contribution in [1.29, 1.82) is 0 Å². The third-order valence-electron chi connectivity index (χ3n) is 9.88. The largest absolute Gasteiger partial charge is 0.444 e. The Balaban J connectivity index is 1.55. The molecule has 2 heterocycles. The van der Waals surface area contributed by atoms with Gasteiger partial charge in [0.1, 0.15) is 23.4 Å². The smallest absolute Gasteiger partial charge is 0.410 e. The zero-order valence-electron chi connectivity index (χ0n) is 32.7. The Bertz CT molecular complexity index is 1530. The molecule has 6 amide bonds. The highest BCUT2D eigenvalue weighted by atomic mass is 16.6. The van der Waals surface area contributed by atoms with Crippen LogP contribution in [0.25, 0.3) is 0 Å². The van der Waals surface area contributed by atoms with Gasteiger partial charge in [-0.15, -0.1) is 0 Å². The third kappa shape index (κ3) is 11.9. The van der Waals surface area contributed by atoms with Gasteiger partial charge in [-0.3, -0.25) is 33.8 Å². The molecule has 3 aliphatic rings. The van der Waals surface area contributed by atoms with Crippen LogP contribution >= 0.6 is 0 Å². The Hall–Kier alpha value is -4.63. The van der Waals surface area contributed by atoms with E-state index in [1.54, 1.807) is 41.5 Å². The fourth-order valence-corrected chi connectivity index (χ4v) is 6.84. The minimum absolute atomic E-state index is 0.0418. The van der Waals surface area contributed by atoms with Gasteiger partial charge in [-0.1, -0.05) is 53.4 Å². The zero-order chi connectivity index (χ0) is 39.8. The molecule has 298 valence electrons. The molecular weight excluding hydrogens is 696 g/mol. The van der Waals surface area contributed by atoms with E-state index >= 15 is 0 Å². The number of ether oxygens (including phenoxy) is 1. The minimum Gasteiger partial charge on any atom is -0.444 e. The van der Waals surface area contributed by atoms with Crippen molar-refractivity contribution in [2.24, 2.45) is 17.3 Å². The topological polar surface area (TPSA) is 218 Å². The highest BCUT2D eigenvalue weighted by Gasteiger charge is 2.45. The van der Waals surface area contributed by atoms with Crippen LogP contribution in [-0.4, -0.2) is 105 Å². The monoisotopic (exact) mass is 754 g/mol. The first-order valence-corrected chi connectivity index (χ1v) is 19.2. The second kappa shape index (κ2) is 18.1. The number of ketones is 1. The number of nitrogens with zero attached hydrogens (tertiary/aromatic N) is 3. The lowest BCUT2D eigenvalue weighted by Crippen LogP contribution is -2.61. The van der Waals surface area contributed by atoms with Gasteiger partial charge >= 0.3 is 6.09 Å². The number of amides is 6. The zero-order valence-corrected chi connectivity index (χ0v) is 32.7. The van der Waals surface area contributed by atoms with Gasteiger partial charge in [-0.25, -0.2) is 9.78 Å². The first-order valence-electron chi connectivity index (χ1n) is 19.2. The maximum Gasteiger partial charge on any atom is 0.410 e. The lowest BCUT2D eigenvalue weighted by atomic mass is 9.82. The molecule has 5 N–H and O–H groups in total. The predicted molar refractivity (Wildman–Crippen MR) is 197 cm³/mol. The van der Waals surface area contributed by atoms with Crippen molar-refractivity contribution in [1.82, 2.24) is 41.5 Å². The highest BCUT2D eigenvalue weighted by molar-refractivity contribution is 6.38. The van der Waals surface area contributed by atoms with E-state index in [1.807, 2.05) is 6.92 Å². The Morgan fingerprint density at radius 1 is 0.852 bits per heavy atom. The van der Waals surface area contributed by atoms with E-state index in [4.69, 9.17) is 4.74 Å². The van der Waals surface area contributed by atoms with E-state index < -0.39 is 82.5 Å². The molecule has 1 aromatic rings. The van der Waals surface area contributed by atoms with Gasteiger partial charge in [0.25, 0.3) is 11.8 Å². The van der Waals surface area contributed by atoms with Crippen LogP contribution < -0.4 is 26.6 Å². The van der Waals surface area contributed by atoms with Crippen molar-refractivity contribution in [3.05, 3.63) is 24.3 Å². The third-order valence-corrected chi connectivity index (χ3v) is 9.88. The normalized spacial score (nSPS) is 20.8. The van der Waals surface area contributed by atoms with E-state index in [-0.39, 0.29) is 37.2 Å². The number of carbonyl (C=O) groups excluding carboxylic acids is 7. The molecule has 1 saturated heterocycles.